The number of hydrogen-bond acceptors (Lipinski definition) is 4. The number of carbonyl (C=O) groups excluding carboxylic acids is 1. The van der Waals surface area contributed by atoms with E-state index < -0.39 is 21.7 Å². The summed E-state index contributed by atoms with van der Waals surface area (Å²) in [5, 5.41) is 14.3. The van der Waals surface area contributed by atoms with Gasteiger partial charge in [0.1, 0.15) is 9.84 Å². The number of carboxylic acid groups (broad SMARTS) is 1. The minimum atomic E-state index is -3.03. The molecule has 144 valence electrons. The Morgan fingerprint density at radius 2 is 1.74 bits per heavy atom. The van der Waals surface area contributed by atoms with Crippen LogP contribution in [0, 0.1) is 11.8 Å². The maximum atomic E-state index is 12.3. The average Bonchev–Trinajstić information content (AvgIpc) is 2.64. The molecule has 1 unspecified atom stereocenters. The summed E-state index contributed by atoms with van der Waals surface area (Å²) in [4.78, 5) is 24.0. The van der Waals surface area contributed by atoms with Gasteiger partial charge in [-0.05, 0) is 35.6 Å². The first-order valence-corrected chi connectivity index (χ1v) is 10.9. The fourth-order valence-corrected chi connectivity index (χ4v) is 4.99. The number of hydrogen-bond donors (Lipinski definition) is 2. The lowest BCUT2D eigenvalue weighted by atomic mass is 9.94. The quantitative estimate of drug-likeness (QED) is 0.787. The van der Waals surface area contributed by atoms with E-state index in [4.69, 9.17) is 0 Å². The number of aliphatic carboxylic acids is 1. The van der Waals surface area contributed by atoms with Crippen molar-refractivity contribution in [2.45, 2.75) is 19.3 Å². The van der Waals surface area contributed by atoms with Gasteiger partial charge in [-0.25, -0.2) is 8.42 Å². The van der Waals surface area contributed by atoms with E-state index in [9.17, 15) is 23.1 Å². The van der Waals surface area contributed by atoms with Crippen LogP contribution >= 0.6 is 0 Å². The molecule has 1 saturated heterocycles. The monoisotopic (exact) mass is 389 g/mol. The zero-order valence-corrected chi connectivity index (χ0v) is 15.7. The van der Waals surface area contributed by atoms with Crippen molar-refractivity contribution in [3.8, 4) is 0 Å². The van der Waals surface area contributed by atoms with Gasteiger partial charge < -0.3 is 10.4 Å². The molecule has 0 saturated carbocycles. The molecule has 1 aliphatic rings. The number of rotatable bonds is 6. The number of benzene rings is 2. The van der Waals surface area contributed by atoms with Gasteiger partial charge in [0.2, 0.25) is 5.91 Å². The summed E-state index contributed by atoms with van der Waals surface area (Å²) in [6.07, 6.45) is 0.917. The second-order valence-corrected chi connectivity index (χ2v) is 9.35. The molecule has 27 heavy (non-hydrogen) atoms. The fraction of sp³-hybridized carbons (Fsp3) is 0.400. The Morgan fingerprint density at radius 3 is 2.44 bits per heavy atom. The van der Waals surface area contributed by atoms with E-state index in [1.807, 2.05) is 42.5 Å². The Balaban J connectivity index is 1.64. The van der Waals surface area contributed by atoms with Gasteiger partial charge >= 0.3 is 5.97 Å². The van der Waals surface area contributed by atoms with Crippen LogP contribution in [0.1, 0.15) is 18.4 Å². The predicted molar refractivity (Wildman–Crippen MR) is 103 cm³/mol. The minimum Gasteiger partial charge on any atom is -0.481 e. The summed E-state index contributed by atoms with van der Waals surface area (Å²) in [6, 6.07) is 13.6. The molecule has 1 heterocycles. The normalized spacial score (nSPS) is 18.1. The molecular formula is C20H23NO5S. The van der Waals surface area contributed by atoms with Gasteiger partial charge in [0.25, 0.3) is 0 Å². The first-order chi connectivity index (χ1) is 12.9. The van der Waals surface area contributed by atoms with Crippen molar-refractivity contribution < 1.29 is 23.1 Å². The van der Waals surface area contributed by atoms with E-state index in [0.717, 1.165) is 16.3 Å². The largest absolute Gasteiger partial charge is 0.481 e. The van der Waals surface area contributed by atoms with Crippen LogP contribution in [0.25, 0.3) is 10.8 Å². The maximum absolute atomic E-state index is 12.3. The molecule has 3 rings (SSSR count). The molecule has 7 heteroatoms. The highest BCUT2D eigenvalue weighted by atomic mass is 32.2. The summed E-state index contributed by atoms with van der Waals surface area (Å²) >= 11 is 0. The van der Waals surface area contributed by atoms with E-state index in [0.29, 0.717) is 19.3 Å². The molecule has 2 aromatic rings. The number of carboxylic acids is 1. The van der Waals surface area contributed by atoms with Gasteiger partial charge in [0.05, 0.1) is 17.4 Å². The minimum absolute atomic E-state index is 0.0173. The van der Waals surface area contributed by atoms with Gasteiger partial charge in [0.15, 0.2) is 0 Å². The van der Waals surface area contributed by atoms with Gasteiger partial charge in [-0.2, -0.15) is 0 Å². The lowest BCUT2D eigenvalue weighted by Crippen LogP contribution is -2.40. The van der Waals surface area contributed by atoms with E-state index >= 15 is 0 Å². The first-order valence-electron chi connectivity index (χ1n) is 9.03. The maximum Gasteiger partial charge on any atom is 0.308 e. The van der Waals surface area contributed by atoms with Crippen LogP contribution in [0.15, 0.2) is 42.5 Å². The van der Waals surface area contributed by atoms with Gasteiger partial charge in [-0.15, -0.1) is 0 Å². The zero-order valence-electron chi connectivity index (χ0n) is 14.9. The Labute approximate surface area is 158 Å². The smallest absolute Gasteiger partial charge is 0.308 e. The number of nitrogens with one attached hydrogen (secondary N) is 1. The van der Waals surface area contributed by atoms with Crippen molar-refractivity contribution in [2.24, 2.45) is 11.8 Å². The highest BCUT2D eigenvalue weighted by Crippen LogP contribution is 2.22. The topological polar surface area (TPSA) is 101 Å². The molecule has 0 bridgehead atoms. The number of fused-ring (bicyclic) bond motifs is 1. The third-order valence-corrected chi connectivity index (χ3v) is 6.86. The molecule has 2 N–H and O–H groups in total. The van der Waals surface area contributed by atoms with Gasteiger partial charge in [-0.3, -0.25) is 9.59 Å². The predicted octanol–water partition coefficient (Wildman–Crippen LogP) is 2.02. The second kappa shape index (κ2) is 8.08. The number of amides is 1. The fourth-order valence-electron chi connectivity index (χ4n) is 3.50. The van der Waals surface area contributed by atoms with E-state index in [1.54, 1.807) is 0 Å². The molecule has 0 spiro atoms. The van der Waals surface area contributed by atoms with Crippen molar-refractivity contribution in [2.75, 3.05) is 18.1 Å². The third-order valence-electron chi connectivity index (χ3n) is 5.14. The van der Waals surface area contributed by atoms with Crippen LogP contribution in [-0.2, 0) is 25.8 Å². The van der Waals surface area contributed by atoms with Crippen molar-refractivity contribution in [1.82, 2.24) is 5.32 Å². The molecular weight excluding hydrogens is 366 g/mol. The zero-order chi connectivity index (χ0) is 19.4. The molecule has 1 aliphatic heterocycles. The van der Waals surface area contributed by atoms with Crippen LogP contribution in [0.4, 0.5) is 0 Å². The Hall–Kier alpha value is -2.41. The summed E-state index contributed by atoms with van der Waals surface area (Å²) in [6.45, 7) is 0.0284. The van der Waals surface area contributed by atoms with Crippen LogP contribution in [0.2, 0.25) is 0 Å². The molecule has 6 nitrogen and oxygen atoms in total. The van der Waals surface area contributed by atoms with Crippen LogP contribution in [-0.4, -0.2) is 43.5 Å². The van der Waals surface area contributed by atoms with Crippen molar-refractivity contribution >= 4 is 32.5 Å². The van der Waals surface area contributed by atoms with Crippen molar-refractivity contribution in [1.29, 1.82) is 0 Å². The molecule has 1 amide bonds. The van der Waals surface area contributed by atoms with Crippen LogP contribution in [0.3, 0.4) is 0 Å². The lowest BCUT2D eigenvalue weighted by molar-refractivity contribution is -0.141. The Morgan fingerprint density at radius 1 is 1.07 bits per heavy atom. The van der Waals surface area contributed by atoms with Gasteiger partial charge in [0, 0.05) is 12.5 Å². The molecule has 0 radical (unpaired) electrons. The molecule has 1 atom stereocenters. The lowest BCUT2D eigenvalue weighted by Gasteiger charge is -2.22. The molecule has 0 aromatic heterocycles. The summed E-state index contributed by atoms with van der Waals surface area (Å²) in [5.41, 5.74) is 0.929. The SMILES string of the molecule is O=C(O)C(CNC(=O)C1CCS(=O)(=O)CC1)Cc1cccc2ccccc12. The summed E-state index contributed by atoms with van der Waals surface area (Å²) < 4.78 is 23.0. The highest BCUT2D eigenvalue weighted by molar-refractivity contribution is 7.91. The van der Waals surface area contributed by atoms with Crippen LogP contribution < -0.4 is 5.32 Å². The van der Waals surface area contributed by atoms with E-state index in [-0.39, 0.29) is 29.9 Å². The van der Waals surface area contributed by atoms with E-state index in [2.05, 4.69) is 5.32 Å². The summed E-state index contributed by atoms with van der Waals surface area (Å²) in [5.74, 6) is -2.29. The van der Waals surface area contributed by atoms with Gasteiger partial charge in [-0.1, -0.05) is 42.5 Å². The van der Waals surface area contributed by atoms with Crippen molar-refractivity contribution in [3.63, 3.8) is 0 Å². The van der Waals surface area contributed by atoms with Crippen LogP contribution in [0.5, 0.6) is 0 Å². The molecule has 0 aliphatic carbocycles. The Bertz CT molecular complexity index is 935. The molecule has 1 fully saturated rings. The summed E-state index contributed by atoms with van der Waals surface area (Å²) in [7, 11) is -3.03. The number of carbonyl (C=O) groups is 2. The Kier molecular flexibility index (Phi) is 5.79. The second-order valence-electron chi connectivity index (χ2n) is 7.05. The van der Waals surface area contributed by atoms with Crippen molar-refractivity contribution in [3.05, 3.63) is 48.0 Å². The number of sulfone groups is 1. The highest BCUT2D eigenvalue weighted by Gasteiger charge is 2.29. The third kappa shape index (κ3) is 4.86. The van der Waals surface area contributed by atoms with E-state index in [1.165, 1.54) is 0 Å². The first kappa shape index (κ1) is 19.4. The average molecular weight is 389 g/mol. The standard InChI is InChI=1S/C20H23NO5S/c22-19(15-8-10-27(25,26)11-9-15)21-13-17(20(23)24)12-16-6-3-5-14-4-1-2-7-18(14)16/h1-7,15,17H,8-13H2,(H,21,22)(H,23,24). The molecule has 2 aromatic carbocycles.